The van der Waals surface area contributed by atoms with Crippen molar-refractivity contribution in [2.24, 2.45) is 5.92 Å². The Bertz CT molecular complexity index is 190. The second-order valence-corrected chi connectivity index (χ2v) is 5.12. The van der Waals surface area contributed by atoms with Crippen molar-refractivity contribution in [1.29, 1.82) is 0 Å². The molecule has 0 saturated heterocycles. The van der Waals surface area contributed by atoms with Crippen molar-refractivity contribution in [3.8, 4) is 0 Å². The molecule has 0 aromatic heterocycles. The van der Waals surface area contributed by atoms with E-state index in [1.165, 1.54) is 25.7 Å². The number of amides is 1. The van der Waals surface area contributed by atoms with Gasteiger partial charge in [-0.05, 0) is 18.8 Å². The zero-order valence-corrected chi connectivity index (χ0v) is 10.4. The number of halogens is 1. The highest BCUT2D eigenvalue weighted by Crippen LogP contribution is 2.28. The number of carbonyl (C=O) groups is 1. The van der Waals surface area contributed by atoms with Crippen LogP contribution in [0.5, 0.6) is 0 Å². The van der Waals surface area contributed by atoms with Crippen molar-refractivity contribution in [2.75, 3.05) is 6.54 Å². The highest BCUT2D eigenvalue weighted by molar-refractivity contribution is 6.20. The second-order valence-electron chi connectivity index (χ2n) is 4.50. The van der Waals surface area contributed by atoms with E-state index in [0.717, 1.165) is 18.8 Å². The van der Waals surface area contributed by atoms with E-state index >= 15 is 0 Å². The summed E-state index contributed by atoms with van der Waals surface area (Å²) in [7, 11) is 0. The quantitative estimate of drug-likeness (QED) is 0.700. The number of alkyl halides is 1. The molecule has 0 aromatic carbocycles. The van der Waals surface area contributed by atoms with Gasteiger partial charge in [-0.15, -0.1) is 11.6 Å². The minimum absolute atomic E-state index is 0.0837. The Morgan fingerprint density at radius 3 is 2.73 bits per heavy atom. The van der Waals surface area contributed by atoms with Crippen LogP contribution in [0.4, 0.5) is 0 Å². The average Bonchev–Trinajstić information content (AvgIpc) is 2.75. The minimum Gasteiger partial charge on any atom is -0.355 e. The van der Waals surface area contributed by atoms with Crippen LogP contribution in [0, 0.1) is 5.92 Å². The van der Waals surface area contributed by atoms with Crippen molar-refractivity contribution >= 4 is 17.5 Å². The van der Waals surface area contributed by atoms with Gasteiger partial charge < -0.3 is 5.32 Å². The van der Waals surface area contributed by atoms with Gasteiger partial charge in [0.25, 0.3) is 0 Å². The lowest BCUT2D eigenvalue weighted by Crippen LogP contribution is -2.29. The monoisotopic (exact) mass is 231 g/mol. The Morgan fingerprint density at radius 2 is 2.13 bits per heavy atom. The van der Waals surface area contributed by atoms with Crippen LogP contribution >= 0.6 is 11.6 Å². The van der Waals surface area contributed by atoms with Crippen LogP contribution < -0.4 is 5.32 Å². The molecule has 3 heteroatoms. The minimum atomic E-state index is 0.0837. The third-order valence-electron chi connectivity index (χ3n) is 3.22. The highest BCUT2D eigenvalue weighted by Gasteiger charge is 2.16. The highest BCUT2D eigenvalue weighted by atomic mass is 35.5. The van der Waals surface area contributed by atoms with Crippen LogP contribution in [0.1, 0.15) is 51.9 Å². The van der Waals surface area contributed by atoms with Gasteiger partial charge in [-0.3, -0.25) is 4.79 Å². The lowest BCUT2D eigenvalue weighted by molar-refractivity contribution is -0.121. The fraction of sp³-hybridized carbons (Fsp3) is 0.917. The maximum Gasteiger partial charge on any atom is 0.220 e. The number of carbonyl (C=O) groups excluding carboxylic acids is 1. The Morgan fingerprint density at radius 1 is 1.47 bits per heavy atom. The SMILES string of the molecule is CCC(Cl)CNC(=O)CCC1CCCC1. The van der Waals surface area contributed by atoms with Crippen LogP contribution in [-0.4, -0.2) is 17.8 Å². The molecule has 1 unspecified atom stereocenters. The molecule has 1 atom stereocenters. The summed E-state index contributed by atoms with van der Waals surface area (Å²) in [5.41, 5.74) is 0. The summed E-state index contributed by atoms with van der Waals surface area (Å²) in [6.07, 6.45) is 7.99. The fourth-order valence-corrected chi connectivity index (χ4v) is 2.17. The summed E-state index contributed by atoms with van der Waals surface area (Å²) in [5, 5.41) is 2.97. The lowest BCUT2D eigenvalue weighted by Gasteiger charge is -2.10. The summed E-state index contributed by atoms with van der Waals surface area (Å²) >= 11 is 5.92. The molecule has 15 heavy (non-hydrogen) atoms. The summed E-state index contributed by atoms with van der Waals surface area (Å²) in [6.45, 7) is 2.64. The second kappa shape index (κ2) is 7.10. The van der Waals surface area contributed by atoms with E-state index in [4.69, 9.17) is 11.6 Å². The van der Waals surface area contributed by atoms with Crippen LogP contribution in [0.25, 0.3) is 0 Å². The van der Waals surface area contributed by atoms with Crippen LogP contribution in [0.3, 0.4) is 0 Å². The number of hydrogen-bond donors (Lipinski definition) is 1. The number of rotatable bonds is 6. The van der Waals surface area contributed by atoms with Crippen molar-refractivity contribution in [3.63, 3.8) is 0 Å². The average molecular weight is 232 g/mol. The summed E-state index contributed by atoms with van der Waals surface area (Å²) in [6, 6.07) is 0. The molecule has 1 aliphatic rings. The van der Waals surface area contributed by atoms with Crippen molar-refractivity contribution in [1.82, 2.24) is 5.32 Å². The van der Waals surface area contributed by atoms with E-state index in [9.17, 15) is 4.79 Å². The first kappa shape index (κ1) is 12.8. The molecule has 1 N–H and O–H groups in total. The van der Waals surface area contributed by atoms with Gasteiger partial charge in [0.2, 0.25) is 5.91 Å². The smallest absolute Gasteiger partial charge is 0.220 e. The molecular formula is C12H22ClNO. The van der Waals surface area contributed by atoms with Crippen molar-refractivity contribution in [2.45, 2.75) is 57.2 Å². The zero-order chi connectivity index (χ0) is 11.1. The molecule has 1 aliphatic carbocycles. The number of nitrogens with one attached hydrogen (secondary N) is 1. The Kier molecular flexibility index (Phi) is 6.07. The van der Waals surface area contributed by atoms with E-state index in [1.54, 1.807) is 0 Å². The van der Waals surface area contributed by atoms with Crippen molar-refractivity contribution < 1.29 is 4.79 Å². The standard InChI is InChI=1S/C12H22ClNO/c1-2-11(13)9-14-12(15)8-7-10-5-3-4-6-10/h10-11H,2-9H2,1H3,(H,14,15). The molecule has 1 rings (SSSR count). The first-order valence-corrected chi connectivity index (χ1v) is 6.56. The molecule has 0 heterocycles. The Labute approximate surface area is 97.8 Å². The van der Waals surface area contributed by atoms with Gasteiger partial charge in [0.1, 0.15) is 0 Å². The molecule has 0 aliphatic heterocycles. The normalized spacial score (nSPS) is 19.1. The van der Waals surface area contributed by atoms with Gasteiger partial charge in [0.05, 0.1) is 5.38 Å². The molecule has 1 amide bonds. The molecule has 0 spiro atoms. The first-order valence-electron chi connectivity index (χ1n) is 6.13. The summed E-state index contributed by atoms with van der Waals surface area (Å²) in [4.78, 5) is 11.5. The van der Waals surface area contributed by atoms with Gasteiger partial charge in [0, 0.05) is 13.0 Å². The maximum atomic E-state index is 11.5. The van der Waals surface area contributed by atoms with Crippen LogP contribution in [0.2, 0.25) is 0 Å². The maximum absolute atomic E-state index is 11.5. The van der Waals surface area contributed by atoms with E-state index in [1.807, 2.05) is 6.92 Å². The molecule has 0 bridgehead atoms. The van der Waals surface area contributed by atoms with Gasteiger partial charge in [-0.1, -0.05) is 32.6 Å². The predicted molar refractivity (Wildman–Crippen MR) is 64.1 cm³/mol. The van der Waals surface area contributed by atoms with Crippen molar-refractivity contribution in [3.05, 3.63) is 0 Å². The summed E-state index contributed by atoms with van der Waals surface area (Å²) in [5.74, 6) is 0.967. The van der Waals surface area contributed by atoms with E-state index in [2.05, 4.69) is 5.32 Å². The molecule has 0 aromatic rings. The molecule has 1 fully saturated rings. The summed E-state index contributed by atoms with van der Waals surface area (Å²) < 4.78 is 0. The molecule has 2 nitrogen and oxygen atoms in total. The van der Waals surface area contributed by atoms with Gasteiger partial charge in [0.15, 0.2) is 0 Å². The lowest BCUT2D eigenvalue weighted by atomic mass is 10.0. The molecule has 88 valence electrons. The van der Waals surface area contributed by atoms with E-state index in [-0.39, 0.29) is 11.3 Å². The number of hydrogen-bond acceptors (Lipinski definition) is 1. The van der Waals surface area contributed by atoms with Gasteiger partial charge in [-0.25, -0.2) is 0 Å². The van der Waals surface area contributed by atoms with Crippen LogP contribution in [0.15, 0.2) is 0 Å². The predicted octanol–water partition coefficient (Wildman–Crippen LogP) is 3.09. The third kappa shape index (κ3) is 5.41. The van der Waals surface area contributed by atoms with Crippen LogP contribution in [-0.2, 0) is 4.79 Å². The van der Waals surface area contributed by atoms with Gasteiger partial charge >= 0.3 is 0 Å². The fourth-order valence-electron chi connectivity index (χ4n) is 2.09. The van der Waals surface area contributed by atoms with Gasteiger partial charge in [-0.2, -0.15) is 0 Å². The van der Waals surface area contributed by atoms with E-state index in [0.29, 0.717) is 13.0 Å². The molecule has 1 saturated carbocycles. The molecule has 0 radical (unpaired) electrons. The molecular weight excluding hydrogens is 210 g/mol. The Balaban J connectivity index is 2.02. The largest absolute Gasteiger partial charge is 0.355 e. The Hall–Kier alpha value is -0.240. The topological polar surface area (TPSA) is 29.1 Å². The third-order valence-corrected chi connectivity index (χ3v) is 3.68. The first-order chi connectivity index (χ1) is 7.22. The van der Waals surface area contributed by atoms with E-state index < -0.39 is 0 Å². The zero-order valence-electron chi connectivity index (χ0n) is 9.60.